The van der Waals surface area contributed by atoms with Crippen LogP contribution in [0.25, 0.3) is 0 Å². The molecule has 12 heteroatoms. The van der Waals surface area contributed by atoms with Crippen LogP contribution in [0.15, 0.2) is 53.6 Å². The van der Waals surface area contributed by atoms with Crippen LogP contribution in [0.4, 0.5) is 29.3 Å². The molecule has 0 bridgehead atoms. The summed E-state index contributed by atoms with van der Waals surface area (Å²) in [5.74, 6) is -1.26. The second-order valence-electron chi connectivity index (χ2n) is 10.3. The lowest BCUT2D eigenvalue weighted by Gasteiger charge is -2.34. The number of nitrogens with one attached hydrogen (secondary N) is 1. The largest absolute Gasteiger partial charge is 0.417 e. The summed E-state index contributed by atoms with van der Waals surface area (Å²) in [4.78, 5) is 43.2. The van der Waals surface area contributed by atoms with E-state index >= 15 is 0 Å². The Morgan fingerprint density at radius 2 is 1.69 bits per heavy atom. The first-order valence-electron chi connectivity index (χ1n) is 13.7. The van der Waals surface area contributed by atoms with E-state index < -0.39 is 29.1 Å². The van der Waals surface area contributed by atoms with Gasteiger partial charge in [-0.15, -0.1) is 0 Å². The van der Waals surface area contributed by atoms with Crippen molar-refractivity contribution >= 4 is 40.8 Å². The number of para-hydroxylation sites is 1. The molecular weight excluding hydrogens is 571 g/mol. The van der Waals surface area contributed by atoms with Crippen molar-refractivity contribution in [3.63, 3.8) is 0 Å². The third-order valence-corrected chi connectivity index (χ3v) is 7.88. The molecule has 4 amide bonds. The number of amides is 4. The average Bonchev–Trinajstić information content (AvgIpc) is 3.18. The Morgan fingerprint density at radius 1 is 1.00 bits per heavy atom. The van der Waals surface area contributed by atoms with Gasteiger partial charge in [0.05, 0.1) is 33.6 Å². The molecule has 0 saturated carbocycles. The minimum Gasteiger partial charge on any atom is -0.322 e. The van der Waals surface area contributed by atoms with Crippen molar-refractivity contribution in [3.8, 4) is 6.07 Å². The van der Waals surface area contributed by atoms with Gasteiger partial charge < -0.3 is 10.2 Å². The molecule has 1 fully saturated rings. The van der Waals surface area contributed by atoms with Crippen molar-refractivity contribution in [1.29, 1.82) is 5.26 Å². The molecular formula is C30H31ClF3N5O3. The fourth-order valence-electron chi connectivity index (χ4n) is 5.14. The molecule has 2 aliphatic rings. The molecule has 2 aromatic carbocycles. The zero-order chi connectivity index (χ0) is 30.4. The van der Waals surface area contributed by atoms with Crippen LogP contribution in [0.5, 0.6) is 0 Å². The van der Waals surface area contributed by atoms with E-state index in [2.05, 4.69) is 10.2 Å². The summed E-state index contributed by atoms with van der Waals surface area (Å²) in [5.41, 5.74) is -0.837. The summed E-state index contributed by atoms with van der Waals surface area (Å²) >= 11 is 6.12. The van der Waals surface area contributed by atoms with Gasteiger partial charge in [-0.05, 0) is 63.1 Å². The lowest BCUT2D eigenvalue weighted by molar-refractivity contribution is -0.138. The molecule has 0 unspecified atom stereocenters. The number of urea groups is 1. The summed E-state index contributed by atoms with van der Waals surface area (Å²) in [6.07, 6.45) is -1.10. The molecule has 4 rings (SSSR count). The number of unbranched alkanes of at least 4 members (excludes halogenated alkanes) is 3. The smallest absolute Gasteiger partial charge is 0.322 e. The van der Waals surface area contributed by atoms with Gasteiger partial charge >= 0.3 is 12.2 Å². The number of piperazine rings is 1. The number of halogens is 4. The highest BCUT2D eigenvalue weighted by molar-refractivity contribution is 6.33. The van der Waals surface area contributed by atoms with Crippen molar-refractivity contribution in [2.75, 3.05) is 42.9 Å². The molecule has 0 radical (unpaired) electrons. The van der Waals surface area contributed by atoms with Crippen molar-refractivity contribution in [3.05, 3.63) is 69.8 Å². The number of benzene rings is 2. The monoisotopic (exact) mass is 601 g/mol. The highest BCUT2D eigenvalue weighted by atomic mass is 35.5. The molecule has 0 aromatic heterocycles. The highest BCUT2D eigenvalue weighted by Crippen LogP contribution is 2.37. The van der Waals surface area contributed by atoms with Gasteiger partial charge in [-0.2, -0.15) is 18.4 Å². The van der Waals surface area contributed by atoms with Crippen LogP contribution in [-0.2, 0) is 15.8 Å². The third-order valence-electron chi connectivity index (χ3n) is 7.55. The molecule has 1 N–H and O–H groups in total. The predicted octanol–water partition coefficient (Wildman–Crippen LogP) is 6.22. The van der Waals surface area contributed by atoms with Crippen LogP contribution in [0.1, 0.15) is 50.2 Å². The number of carbonyl (C=O) groups excluding carboxylic acids is 3. The third kappa shape index (κ3) is 7.12. The number of hydrogen-bond donors (Lipinski definition) is 1. The molecule has 0 aliphatic carbocycles. The van der Waals surface area contributed by atoms with Gasteiger partial charge in [0, 0.05) is 37.3 Å². The van der Waals surface area contributed by atoms with Gasteiger partial charge in [0.1, 0.15) is 0 Å². The zero-order valence-corrected chi connectivity index (χ0v) is 23.9. The van der Waals surface area contributed by atoms with Crippen LogP contribution in [0.3, 0.4) is 0 Å². The summed E-state index contributed by atoms with van der Waals surface area (Å²) in [6.45, 7) is 5.14. The number of imide groups is 1. The van der Waals surface area contributed by atoms with E-state index in [0.29, 0.717) is 48.3 Å². The molecule has 1 saturated heterocycles. The fourth-order valence-corrected chi connectivity index (χ4v) is 5.32. The molecule has 8 nitrogen and oxygen atoms in total. The maximum Gasteiger partial charge on any atom is 0.417 e. The Labute approximate surface area is 247 Å². The lowest BCUT2D eigenvalue weighted by Crippen LogP contribution is -2.50. The highest BCUT2D eigenvalue weighted by Gasteiger charge is 2.39. The van der Waals surface area contributed by atoms with E-state index in [4.69, 9.17) is 16.9 Å². The fraction of sp³-hybridized carbons (Fsp3) is 0.400. The minimum atomic E-state index is -4.79. The molecule has 0 atom stereocenters. The second-order valence-corrected chi connectivity index (χ2v) is 10.7. The van der Waals surface area contributed by atoms with Gasteiger partial charge in [-0.25, -0.2) is 9.69 Å². The number of rotatable bonds is 9. The average molecular weight is 602 g/mol. The molecule has 2 aliphatic heterocycles. The zero-order valence-electron chi connectivity index (χ0n) is 23.1. The maximum absolute atomic E-state index is 13.4. The van der Waals surface area contributed by atoms with Crippen LogP contribution in [0.2, 0.25) is 5.02 Å². The van der Waals surface area contributed by atoms with Crippen LogP contribution in [0, 0.1) is 11.3 Å². The second kappa shape index (κ2) is 13.4. The maximum atomic E-state index is 13.4. The molecule has 0 spiro atoms. The number of alkyl halides is 3. The quantitative estimate of drug-likeness (QED) is 0.272. The van der Waals surface area contributed by atoms with Crippen molar-refractivity contribution in [2.45, 2.75) is 45.2 Å². The van der Waals surface area contributed by atoms with E-state index in [1.54, 1.807) is 23.1 Å². The van der Waals surface area contributed by atoms with Gasteiger partial charge in [0.25, 0.3) is 11.8 Å². The van der Waals surface area contributed by atoms with E-state index in [9.17, 15) is 27.6 Å². The Bertz CT molecular complexity index is 1430. The number of nitriles is 1. The molecule has 2 heterocycles. The number of nitrogens with zero attached hydrogens (tertiary/aromatic N) is 4. The van der Waals surface area contributed by atoms with E-state index in [1.165, 1.54) is 19.1 Å². The topological polar surface area (TPSA) is 96.8 Å². The Balaban J connectivity index is 1.19. The normalized spacial score (nSPS) is 16.3. The van der Waals surface area contributed by atoms with E-state index in [1.807, 2.05) is 6.07 Å². The first-order chi connectivity index (χ1) is 20.0. The first-order valence-corrected chi connectivity index (χ1v) is 14.1. The standard InChI is InChI=1S/C30H31ClF3N5O3/c1-20-23(28(41)39(27(20)40)22-12-11-21(19-35)24(18-22)30(32,33)34)8-4-2-3-7-13-37-14-16-38(17-15-37)29(42)36-26-10-6-5-9-25(26)31/h5-6,9-12,18H,2-4,7-8,13-17H2,1H3,(H,36,42). The van der Waals surface area contributed by atoms with Gasteiger partial charge in [0.2, 0.25) is 0 Å². The Kier molecular flexibility index (Phi) is 9.91. The SMILES string of the molecule is CC1=C(CCCCCCN2CCN(C(=O)Nc3ccccc3Cl)CC2)C(=O)N(c2ccc(C#N)c(C(F)(F)F)c2)C1=O. The van der Waals surface area contributed by atoms with Crippen molar-refractivity contribution in [1.82, 2.24) is 9.80 Å². The molecule has 2 aromatic rings. The summed E-state index contributed by atoms with van der Waals surface area (Å²) in [6, 6.07) is 11.2. The van der Waals surface area contributed by atoms with Gasteiger partial charge in [0.15, 0.2) is 0 Å². The van der Waals surface area contributed by atoms with E-state index in [0.717, 1.165) is 49.9 Å². The van der Waals surface area contributed by atoms with E-state index in [-0.39, 0.29) is 17.3 Å². The van der Waals surface area contributed by atoms with Crippen molar-refractivity contribution in [2.24, 2.45) is 0 Å². The van der Waals surface area contributed by atoms with Gasteiger partial charge in [-0.1, -0.05) is 36.6 Å². The summed E-state index contributed by atoms with van der Waals surface area (Å²) < 4.78 is 40.2. The van der Waals surface area contributed by atoms with Crippen LogP contribution < -0.4 is 10.2 Å². The molecule has 42 heavy (non-hydrogen) atoms. The minimum absolute atomic E-state index is 0.175. The Morgan fingerprint density at radius 3 is 2.36 bits per heavy atom. The Hall–Kier alpha value is -3.88. The summed E-state index contributed by atoms with van der Waals surface area (Å²) in [7, 11) is 0. The first kappa shape index (κ1) is 31.1. The summed E-state index contributed by atoms with van der Waals surface area (Å²) in [5, 5.41) is 12.3. The van der Waals surface area contributed by atoms with Crippen LogP contribution >= 0.6 is 11.6 Å². The van der Waals surface area contributed by atoms with Gasteiger partial charge in [-0.3, -0.25) is 14.5 Å². The molecule has 222 valence electrons. The number of carbonyl (C=O) groups is 3. The van der Waals surface area contributed by atoms with Crippen LogP contribution in [-0.4, -0.2) is 60.4 Å². The number of hydrogen-bond acceptors (Lipinski definition) is 5. The van der Waals surface area contributed by atoms with Crippen molar-refractivity contribution < 1.29 is 27.6 Å². The predicted molar refractivity (Wildman–Crippen MR) is 153 cm³/mol. The number of anilines is 2. The lowest BCUT2D eigenvalue weighted by atomic mass is 10.0.